The van der Waals surface area contributed by atoms with Gasteiger partial charge in [0.1, 0.15) is 0 Å². The molecule has 0 atom stereocenters. The third-order valence-corrected chi connectivity index (χ3v) is 2.13. The van der Waals surface area contributed by atoms with Crippen LogP contribution in [0.5, 0.6) is 0 Å². The van der Waals surface area contributed by atoms with Crippen molar-refractivity contribution in [1.29, 1.82) is 0 Å². The van der Waals surface area contributed by atoms with E-state index in [0.29, 0.717) is 10.0 Å². The fourth-order valence-corrected chi connectivity index (χ4v) is 1.16. The second kappa shape index (κ2) is 3.27. The predicted molar refractivity (Wildman–Crippen MR) is 45.5 cm³/mol. The molecule has 0 aliphatic rings. The zero-order valence-corrected chi connectivity index (χ0v) is 7.08. The summed E-state index contributed by atoms with van der Waals surface area (Å²) in [5.41, 5.74) is 0.981. The van der Waals surface area contributed by atoms with Gasteiger partial charge in [-0.05, 0) is 18.1 Å². The van der Waals surface area contributed by atoms with Crippen LogP contribution in [0.25, 0.3) is 0 Å². The first kappa shape index (κ1) is 7.90. The number of hydrogen-bond donors (Lipinski definition) is 0. The SMILES string of the molecule is C[CH]c1cccc(Cl)c1Cl. The molecule has 53 valence electrons. The van der Waals surface area contributed by atoms with E-state index in [1.54, 1.807) is 6.07 Å². The van der Waals surface area contributed by atoms with E-state index in [9.17, 15) is 0 Å². The molecule has 0 spiro atoms. The van der Waals surface area contributed by atoms with E-state index in [1.165, 1.54) is 0 Å². The molecular weight excluding hydrogens is 167 g/mol. The smallest absolute Gasteiger partial charge is 0.0627 e. The van der Waals surface area contributed by atoms with Crippen molar-refractivity contribution in [1.82, 2.24) is 0 Å². The summed E-state index contributed by atoms with van der Waals surface area (Å²) in [6.07, 6.45) is 1.92. The average molecular weight is 174 g/mol. The van der Waals surface area contributed by atoms with E-state index in [0.717, 1.165) is 5.56 Å². The molecule has 0 unspecified atom stereocenters. The Bertz CT molecular complexity index is 231. The Morgan fingerprint density at radius 3 is 2.50 bits per heavy atom. The van der Waals surface area contributed by atoms with Gasteiger partial charge < -0.3 is 0 Å². The third kappa shape index (κ3) is 1.44. The molecule has 0 saturated carbocycles. The topological polar surface area (TPSA) is 0 Å². The summed E-state index contributed by atoms with van der Waals surface area (Å²) in [5, 5.41) is 1.24. The van der Waals surface area contributed by atoms with Gasteiger partial charge in [0.15, 0.2) is 0 Å². The molecule has 1 radical (unpaired) electrons. The maximum atomic E-state index is 5.83. The Morgan fingerprint density at radius 2 is 2.00 bits per heavy atom. The van der Waals surface area contributed by atoms with Gasteiger partial charge in [-0.25, -0.2) is 0 Å². The number of halogens is 2. The fraction of sp³-hybridized carbons (Fsp3) is 0.125. The second-order valence-corrected chi connectivity index (χ2v) is 2.72. The standard InChI is InChI=1S/C8H7Cl2/c1-2-6-4-3-5-7(9)8(6)10/h2-5H,1H3. The Labute approximate surface area is 70.8 Å². The first-order valence-corrected chi connectivity index (χ1v) is 3.74. The van der Waals surface area contributed by atoms with Gasteiger partial charge in [-0.1, -0.05) is 42.3 Å². The first-order valence-electron chi connectivity index (χ1n) is 2.99. The largest absolute Gasteiger partial charge is 0.0827 e. The van der Waals surface area contributed by atoms with Crippen LogP contribution in [0.15, 0.2) is 18.2 Å². The van der Waals surface area contributed by atoms with Crippen molar-refractivity contribution < 1.29 is 0 Å². The van der Waals surface area contributed by atoms with E-state index in [4.69, 9.17) is 23.2 Å². The summed E-state index contributed by atoms with van der Waals surface area (Å²) >= 11 is 11.6. The summed E-state index contributed by atoms with van der Waals surface area (Å²) in [5.74, 6) is 0. The maximum absolute atomic E-state index is 5.83. The first-order chi connectivity index (χ1) is 4.75. The highest BCUT2D eigenvalue weighted by atomic mass is 35.5. The second-order valence-electron chi connectivity index (χ2n) is 1.93. The summed E-state index contributed by atoms with van der Waals surface area (Å²) in [7, 11) is 0. The van der Waals surface area contributed by atoms with Crippen LogP contribution < -0.4 is 0 Å². The van der Waals surface area contributed by atoms with Crippen LogP contribution in [0.1, 0.15) is 12.5 Å². The molecule has 1 aromatic rings. The van der Waals surface area contributed by atoms with Crippen molar-refractivity contribution in [2.24, 2.45) is 0 Å². The highest BCUT2D eigenvalue weighted by Crippen LogP contribution is 2.25. The molecule has 0 aromatic heterocycles. The molecule has 2 heteroatoms. The van der Waals surface area contributed by atoms with Crippen LogP contribution in [0, 0.1) is 6.42 Å². The van der Waals surface area contributed by atoms with Gasteiger partial charge in [0.25, 0.3) is 0 Å². The van der Waals surface area contributed by atoms with Crippen LogP contribution in [0.2, 0.25) is 10.0 Å². The van der Waals surface area contributed by atoms with E-state index in [2.05, 4.69) is 0 Å². The average Bonchev–Trinajstić information content (AvgIpc) is 1.95. The number of hydrogen-bond acceptors (Lipinski definition) is 0. The lowest BCUT2D eigenvalue weighted by Crippen LogP contribution is -1.78. The summed E-state index contributed by atoms with van der Waals surface area (Å²) in [4.78, 5) is 0. The van der Waals surface area contributed by atoms with Crippen molar-refractivity contribution in [2.75, 3.05) is 0 Å². The Morgan fingerprint density at radius 1 is 1.30 bits per heavy atom. The van der Waals surface area contributed by atoms with Gasteiger partial charge in [0.2, 0.25) is 0 Å². The number of rotatable bonds is 1. The quantitative estimate of drug-likeness (QED) is 0.610. The van der Waals surface area contributed by atoms with E-state index >= 15 is 0 Å². The fourth-order valence-electron chi connectivity index (χ4n) is 0.743. The van der Waals surface area contributed by atoms with E-state index in [-0.39, 0.29) is 0 Å². The molecule has 10 heavy (non-hydrogen) atoms. The monoisotopic (exact) mass is 173 g/mol. The molecule has 0 amide bonds. The van der Waals surface area contributed by atoms with Gasteiger partial charge >= 0.3 is 0 Å². The predicted octanol–water partition coefficient (Wildman–Crippen LogP) is 3.57. The molecule has 0 aliphatic heterocycles. The summed E-state index contributed by atoms with van der Waals surface area (Å²) < 4.78 is 0. The molecule has 1 aromatic carbocycles. The van der Waals surface area contributed by atoms with Crippen molar-refractivity contribution in [2.45, 2.75) is 6.92 Å². The highest BCUT2D eigenvalue weighted by Gasteiger charge is 2.00. The van der Waals surface area contributed by atoms with Gasteiger partial charge in [0, 0.05) is 0 Å². The maximum Gasteiger partial charge on any atom is 0.0627 e. The Balaban J connectivity index is 3.14. The van der Waals surface area contributed by atoms with Gasteiger partial charge in [-0.2, -0.15) is 0 Å². The van der Waals surface area contributed by atoms with Crippen molar-refractivity contribution in [3.8, 4) is 0 Å². The van der Waals surface area contributed by atoms with E-state index < -0.39 is 0 Å². The molecule has 1 rings (SSSR count). The van der Waals surface area contributed by atoms with Crippen LogP contribution in [0.4, 0.5) is 0 Å². The summed E-state index contributed by atoms with van der Waals surface area (Å²) in [6.45, 7) is 1.93. The van der Waals surface area contributed by atoms with Gasteiger partial charge in [-0.15, -0.1) is 0 Å². The van der Waals surface area contributed by atoms with Crippen LogP contribution in [-0.4, -0.2) is 0 Å². The minimum atomic E-state index is 0.609. The van der Waals surface area contributed by atoms with Crippen molar-refractivity contribution in [3.63, 3.8) is 0 Å². The Kier molecular flexibility index (Phi) is 2.58. The number of benzene rings is 1. The molecule has 0 heterocycles. The molecule has 0 aliphatic carbocycles. The van der Waals surface area contributed by atoms with Crippen LogP contribution in [0.3, 0.4) is 0 Å². The lowest BCUT2D eigenvalue weighted by atomic mass is 10.2. The Hall–Kier alpha value is -0.200. The van der Waals surface area contributed by atoms with Crippen LogP contribution in [-0.2, 0) is 0 Å². The zero-order chi connectivity index (χ0) is 7.56. The van der Waals surface area contributed by atoms with Crippen molar-refractivity contribution in [3.05, 3.63) is 40.2 Å². The van der Waals surface area contributed by atoms with Gasteiger partial charge in [-0.3, -0.25) is 0 Å². The third-order valence-electron chi connectivity index (χ3n) is 1.29. The lowest BCUT2D eigenvalue weighted by Gasteiger charge is -1.99. The van der Waals surface area contributed by atoms with Gasteiger partial charge in [0.05, 0.1) is 10.0 Å². The molecular formula is C8H7Cl2. The van der Waals surface area contributed by atoms with Crippen LogP contribution >= 0.6 is 23.2 Å². The minimum Gasteiger partial charge on any atom is -0.0827 e. The highest BCUT2D eigenvalue weighted by molar-refractivity contribution is 6.42. The van der Waals surface area contributed by atoms with Crippen molar-refractivity contribution >= 4 is 23.2 Å². The lowest BCUT2D eigenvalue weighted by molar-refractivity contribution is 1.42. The molecule has 0 nitrogen and oxygen atoms in total. The normalized spacial score (nSPS) is 9.90. The molecule has 0 saturated heterocycles. The molecule has 0 fully saturated rings. The van der Waals surface area contributed by atoms with E-state index in [1.807, 2.05) is 25.5 Å². The summed E-state index contributed by atoms with van der Waals surface area (Å²) in [6, 6.07) is 5.58. The molecule has 0 bridgehead atoms. The minimum absolute atomic E-state index is 0.609. The zero-order valence-electron chi connectivity index (χ0n) is 5.57. The molecule has 0 N–H and O–H groups in total.